The molecule has 0 atom stereocenters. The summed E-state index contributed by atoms with van der Waals surface area (Å²) in [6, 6.07) is 8.11. The number of esters is 1. The van der Waals surface area contributed by atoms with Gasteiger partial charge >= 0.3 is 5.97 Å². The number of fused-ring (bicyclic) bond motifs is 1. The van der Waals surface area contributed by atoms with Crippen LogP contribution in [0.2, 0.25) is 0 Å². The fourth-order valence-corrected chi connectivity index (χ4v) is 2.32. The number of methoxy groups -OCH3 is 1. The first-order valence-corrected chi connectivity index (χ1v) is 6.63. The molecule has 3 aromatic rings. The molecular formula is C17H10F3NO2. The minimum Gasteiger partial charge on any atom is -0.465 e. The van der Waals surface area contributed by atoms with Crippen LogP contribution in [0.25, 0.3) is 22.2 Å². The van der Waals surface area contributed by atoms with E-state index in [0.29, 0.717) is 11.5 Å². The summed E-state index contributed by atoms with van der Waals surface area (Å²) in [6.07, 6.45) is 0. The monoisotopic (exact) mass is 317 g/mol. The van der Waals surface area contributed by atoms with Gasteiger partial charge < -0.3 is 4.74 Å². The maximum absolute atomic E-state index is 13.5. The van der Waals surface area contributed by atoms with Crippen molar-refractivity contribution in [3.05, 3.63) is 65.5 Å². The predicted molar refractivity (Wildman–Crippen MR) is 78.4 cm³/mol. The molecule has 0 saturated carbocycles. The number of benzene rings is 2. The summed E-state index contributed by atoms with van der Waals surface area (Å²) < 4.78 is 45.0. The lowest BCUT2D eigenvalue weighted by Crippen LogP contribution is -2.06. The van der Waals surface area contributed by atoms with Crippen molar-refractivity contribution in [1.82, 2.24) is 4.98 Å². The largest absolute Gasteiger partial charge is 0.465 e. The number of nitrogens with zero attached hydrogens (tertiary/aromatic N) is 1. The molecule has 0 aliphatic heterocycles. The number of rotatable bonds is 2. The highest BCUT2D eigenvalue weighted by Gasteiger charge is 2.18. The van der Waals surface area contributed by atoms with Crippen molar-refractivity contribution in [2.75, 3.05) is 7.11 Å². The van der Waals surface area contributed by atoms with Crippen LogP contribution in [0, 0.1) is 17.5 Å². The summed E-state index contributed by atoms with van der Waals surface area (Å²) >= 11 is 0. The zero-order valence-electron chi connectivity index (χ0n) is 11.9. The van der Waals surface area contributed by atoms with E-state index >= 15 is 0 Å². The lowest BCUT2D eigenvalue weighted by atomic mass is 10.0. The van der Waals surface area contributed by atoms with Gasteiger partial charge in [0.2, 0.25) is 0 Å². The molecule has 3 nitrogen and oxygen atoms in total. The van der Waals surface area contributed by atoms with E-state index in [1.807, 2.05) is 0 Å². The highest BCUT2D eigenvalue weighted by Crippen LogP contribution is 2.28. The van der Waals surface area contributed by atoms with Gasteiger partial charge in [0.1, 0.15) is 17.5 Å². The molecule has 23 heavy (non-hydrogen) atoms. The lowest BCUT2D eigenvalue weighted by Gasteiger charge is -2.10. The second-order valence-electron chi connectivity index (χ2n) is 4.87. The molecule has 0 fully saturated rings. The fourth-order valence-electron chi connectivity index (χ4n) is 2.32. The molecule has 0 aliphatic rings. The molecule has 1 heterocycles. The Balaban J connectivity index is 2.33. The van der Waals surface area contributed by atoms with Crippen molar-refractivity contribution >= 4 is 16.9 Å². The Kier molecular flexibility index (Phi) is 3.73. The van der Waals surface area contributed by atoms with Crippen LogP contribution in [0.15, 0.2) is 42.5 Å². The Labute approximate surface area is 129 Å². The predicted octanol–water partition coefficient (Wildman–Crippen LogP) is 4.11. The highest BCUT2D eigenvalue weighted by molar-refractivity contribution is 6.00. The van der Waals surface area contributed by atoms with Crippen LogP contribution in [0.1, 0.15) is 10.4 Å². The second-order valence-corrected chi connectivity index (χ2v) is 4.87. The van der Waals surface area contributed by atoms with Gasteiger partial charge in [-0.1, -0.05) is 0 Å². The van der Waals surface area contributed by atoms with Crippen molar-refractivity contribution in [3.63, 3.8) is 0 Å². The van der Waals surface area contributed by atoms with E-state index in [0.717, 1.165) is 12.1 Å². The second kappa shape index (κ2) is 5.72. The van der Waals surface area contributed by atoms with Crippen LogP contribution in [-0.4, -0.2) is 18.1 Å². The van der Waals surface area contributed by atoms with Gasteiger partial charge in [-0.15, -0.1) is 0 Å². The number of hydrogen-bond acceptors (Lipinski definition) is 3. The molecule has 0 saturated heterocycles. The van der Waals surface area contributed by atoms with E-state index in [1.165, 1.54) is 31.4 Å². The number of aromatic nitrogens is 1. The van der Waals surface area contributed by atoms with Gasteiger partial charge in [-0.05, 0) is 30.3 Å². The van der Waals surface area contributed by atoms with Crippen LogP contribution < -0.4 is 0 Å². The first-order valence-electron chi connectivity index (χ1n) is 6.63. The molecule has 0 radical (unpaired) electrons. The number of hydrogen-bond donors (Lipinski definition) is 0. The average molecular weight is 317 g/mol. The van der Waals surface area contributed by atoms with Gasteiger partial charge in [0.05, 0.1) is 23.9 Å². The SMILES string of the molecule is COC(=O)c1cc2ccc(F)cc2nc1-c1cc(F)cc(F)c1. The molecule has 0 unspecified atom stereocenters. The summed E-state index contributed by atoms with van der Waals surface area (Å²) in [5, 5.41) is 0.507. The fraction of sp³-hybridized carbons (Fsp3) is 0.0588. The molecule has 0 bridgehead atoms. The Bertz CT molecular complexity index is 905. The van der Waals surface area contributed by atoms with E-state index in [-0.39, 0.29) is 22.3 Å². The zero-order chi connectivity index (χ0) is 16.6. The van der Waals surface area contributed by atoms with Crippen molar-refractivity contribution in [2.24, 2.45) is 0 Å². The number of ether oxygens (including phenoxy) is 1. The number of carbonyl (C=O) groups excluding carboxylic acids is 1. The number of halogens is 3. The molecular weight excluding hydrogens is 307 g/mol. The summed E-state index contributed by atoms with van der Waals surface area (Å²) in [4.78, 5) is 16.1. The number of carbonyl (C=O) groups is 1. The Hall–Kier alpha value is -2.89. The lowest BCUT2D eigenvalue weighted by molar-refractivity contribution is 0.0601. The van der Waals surface area contributed by atoms with Crippen LogP contribution >= 0.6 is 0 Å². The molecule has 116 valence electrons. The first-order chi connectivity index (χ1) is 11.0. The van der Waals surface area contributed by atoms with Gasteiger partial charge in [-0.25, -0.2) is 22.9 Å². The van der Waals surface area contributed by atoms with Gasteiger partial charge in [-0.3, -0.25) is 0 Å². The Morgan fingerprint density at radius 2 is 1.65 bits per heavy atom. The molecule has 2 aromatic carbocycles. The van der Waals surface area contributed by atoms with Crippen LogP contribution in [-0.2, 0) is 4.74 Å². The molecule has 1 aromatic heterocycles. The van der Waals surface area contributed by atoms with Gasteiger partial charge in [0, 0.05) is 23.1 Å². The molecule has 3 rings (SSSR count). The summed E-state index contributed by atoms with van der Waals surface area (Å²) in [6.45, 7) is 0. The standard InChI is InChI=1S/C17H10F3NO2/c1-23-17(22)14-6-9-2-3-11(18)8-15(9)21-16(14)10-4-12(19)7-13(20)5-10/h2-8H,1H3. The average Bonchev–Trinajstić information content (AvgIpc) is 2.51. The normalized spacial score (nSPS) is 10.8. The van der Waals surface area contributed by atoms with Crippen molar-refractivity contribution in [2.45, 2.75) is 0 Å². The maximum Gasteiger partial charge on any atom is 0.340 e. The molecule has 0 amide bonds. The Morgan fingerprint density at radius 3 is 2.30 bits per heavy atom. The van der Waals surface area contributed by atoms with E-state index in [4.69, 9.17) is 4.74 Å². The first kappa shape index (κ1) is 15.0. The summed E-state index contributed by atoms with van der Waals surface area (Å²) in [7, 11) is 1.19. The van der Waals surface area contributed by atoms with E-state index in [1.54, 1.807) is 0 Å². The molecule has 0 N–H and O–H groups in total. The van der Waals surface area contributed by atoms with Crippen molar-refractivity contribution in [1.29, 1.82) is 0 Å². The third-order valence-electron chi connectivity index (χ3n) is 3.32. The van der Waals surface area contributed by atoms with E-state index in [2.05, 4.69) is 4.98 Å². The van der Waals surface area contributed by atoms with Crippen molar-refractivity contribution in [3.8, 4) is 11.3 Å². The smallest absolute Gasteiger partial charge is 0.340 e. The van der Waals surface area contributed by atoms with Crippen LogP contribution in [0.3, 0.4) is 0 Å². The third kappa shape index (κ3) is 2.88. The molecule has 0 spiro atoms. The minimum absolute atomic E-state index is 0.0216. The molecule has 0 aliphatic carbocycles. The summed E-state index contributed by atoms with van der Waals surface area (Å²) in [5.74, 6) is -2.83. The Morgan fingerprint density at radius 1 is 0.957 bits per heavy atom. The summed E-state index contributed by atoms with van der Waals surface area (Å²) in [5.41, 5.74) is 0.386. The molecule has 6 heteroatoms. The van der Waals surface area contributed by atoms with Crippen LogP contribution in [0.4, 0.5) is 13.2 Å². The quantitative estimate of drug-likeness (QED) is 0.668. The van der Waals surface area contributed by atoms with Gasteiger partial charge in [0.25, 0.3) is 0 Å². The minimum atomic E-state index is -0.808. The maximum atomic E-state index is 13.5. The van der Waals surface area contributed by atoms with Gasteiger partial charge in [0.15, 0.2) is 0 Å². The topological polar surface area (TPSA) is 39.2 Å². The van der Waals surface area contributed by atoms with Crippen molar-refractivity contribution < 1.29 is 22.7 Å². The van der Waals surface area contributed by atoms with E-state index in [9.17, 15) is 18.0 Å². The van der Waals surface area contributed by atoms with E-state index < -0.39 is 23.4 Å². The third-order valence-corrected chi connectivity index (χ3v) is 3.32. The number of pyridine rings is 1. The van der Waals surface area contributed by atoms with Gasteiger partial charge in [-0.2, -0.15) is 0 Å². The zero-order valence-corrected chi connectivity index (χ0v) is 11.9. The highest BCUT2D eigenvalue weighted by atomic mass is 19.1. The van der Waals surface area contributed by atoms with Crippen LogP contribution in [0.5, 0.6) is 0 Å².